The molecule has 5 N–H and O–H groups in total. The third-order valence-corrected chi connectivity index (χ3v) is 8.67. The van der Waals surface area contributed by atoms with Crippen LogP contribution in [-0.2, 0) is 22.6 Å². The van der Waals surface area contributed by atoms with Gasteiger partial charge in [-0.25, -0.2) is 4.98 Å². The highest BCUT2D eigenvalue weighted by atomic mass is 16.5. The topological polar surface area (TPSA) is 164 Å². The second kappa shape index (κ2) is 14.1. The molecule has 5 rings (SSSR count). The molecule has 0 radical (unpaired) electrons. The van der Waals surface area contributed by atoms with Gasteiger partial charge in [-0.2, -0.15) is 0 Å². The number of nitrogens with one attached hydrogen (secondary N) is 4. The van der Waals surface area contributed by atoms with Gasteiger partial charge >= 0.3 is 0 Å². The van der Waals surface area contributed by atoms with E-state index >= 15 is 0 Å². The number of carbonyl (C=O) groups is 2. The summed E-state index contributed by atoms with van der Waals surface area (Å²) >= 11 is 0. The molecule has 248 valence electrons. The molecule has 1 aliphatic rings. The Hall–Kier alpha value is -5.10. The molecule has 1 aromatic heterocycles. The average molecular weight is 644 g/mol. The number of methoxy groups -OCH3 is 3. The number of ether oxygens (including phenoxy) is 3. The number of hydrogen-bond donors (Lipinski definition) is 5. The second-order valence-corrected chi connectivity index (χ2v) is 11.7. The minimum absolute atomic E-state index is 0.140. The summed E-state index contributed by atoms with van der Waals surface area (Å²) < 4.78 is 17.2. The Morgan fingerprint density at radius 2 is 1.83 bits per heavy atom. The maximum absolute atomic E-state index is 13.9. The van der Waals surface area contributed by atoms with Crippen molar-refractivity contribution >= 4 is 34.2 Å². The van der Waals surface area contributed by atoms with E-state index in [0.717, 1.165) is 11.1 Å². The Bertz CT molecular complexity index is 1870. The molecule has 47 heavy (non-hydrogen) atoms. The number of aliphatic hydroxyl groups excluding tert-OH is 1. The Balaban J connectivity index is 1.58. The summed E-state index contributed by atoms with van der Waals surface area (Å²) in [5.41, 5.74) is 4.77. The first kappa shape index (κ1) is 33.3. The van der Waals surface area contributed by atoms with Crippen LogP contribution < -0.4 is 35.6 Å². The number of H-pyrrole nitrogens is 1. The Kier molecular flexibility index (Phi) is 10.00. The lowest BCUT2D eigenvalue weighted by Gasteiger charge is -2.24. The maximum Gasteiger partial charge on any atom is 0.247 e. The fourth-order valence-corrected chi connectivity index (χ4v) is 6.13. The zero-order valence-corrected chi connectivity index (χ0v) is 27.4. The molecule has 0 saturated carbocycles. The van der Waals surface area contributed by atoms with Crippen LogP contribution in [0.1, 0.15) is 56.6 Å². The van der Waals surface area contributed by atoms with Crippen molar-refractivity contribution in [2.45, 2.75) is 58.7 Å². The van der Waals surface area contributed by atoms with E-state index in [-0.39, 0.29) is 35.5 Å². The summed E-state index contributed by atoms with van der Waals surface area (Å²) in [5, 5.41) is 18.6. The van der Waals surface area contributed by atoms with Gasteiger partial charge in [0.15, 0.2) is 11.5 Å². The lowest BCUT2D eigenvalue weighted by Crippen LogP contribution is -2.40. The van der Waals surface area contributed by atoms with Gasteiger partial charge in [0.2, 0.25) is 23.0 Å². The summed E-state index contributed by atoms with van der Waals surface area (Å²) in [4.78, 5) is 47.3. The highest BCUT2D eigenvalue weighted by Gasteiger charge is 2.30. The number of aromatic nitrogens is 2. The average Bonchev–Trinajstić information content (AvgIpc) is 3.34. The molecule has 0 unspecified atom stereocenters. The predicted molar refractivity (Wildman–Crippen MR) is 180 cm³/mol. The molecular weight excluding hydrogens is 602 g/mol. The van der Waals surface area contributed by atoms with Crippen LogP contribution in [0.25, 0.3) is 22.2 Å². The van der Waals surface area contributed by atoms with Crippen LogP contribution in [-0.4, -0.2) is 54.3 Å². The van der Waals surface area contributed by atoms with Gasteiger partial charge in [0.25, 0.3) is 0 Å². The van der Waals surface area contributed by atoms with E-state index in [2.05, 4.69) is 25.9 Å². The zero-order chi connectivity index (χ0) is 33.8. The molecule has 0 aliphatic heterocycles. The first-order valence-electron chi connectivity index (χ1n) is 15.6. The van der Waals surface area contributed by atoms with Gasteiger partial charge in [0, 0.05) is 18.2 Å². The number of fused-ring (bicyclic) bond motifs is 4. The van der Waals surface area contributed by atoms with Crippen LogP contribution in [0.15, 0.2) is 47.3 Å². The van der Waals surface area contributed by atoms with Crippen LogP contribution >= 0.6 is 0 Å². The lowest BCUT2D eigenvalue weighted by molar-refractivity contribution is -0.120. The number of carbonyl (C=O) groups excluding carboxylic acids is 2. The molecule has 1 aliphatic carbocycles. The number of aliphatic hydroxyl groups is 1. The molecule has 12 heteroatoms. The molecule has 0 fully saturated rings. The quantitative estimate of drug-likeness (QED) is 0.156. The number of benzene rings is 2. The van der Waals surface area contributed by atoms with Gasteiger partial charge in [-0.3, -0.25) is 14.4 Å². The Morgan fingerprint density at radius 3 is 2.49 bits per heavy atom. The van der Waals surface area contributed by atoms with Crippen molar-refractivity contribution < 1.29 is 28.9 Å². The molecule has 2 amide bonds. The molecule has 3 atom stereocenters. The second-order valence-electron chi connectivity index (χ2n) is 11.7. The Morgan fingerprint density at radius 1 is 1.06 bits per heavy atom. The van der Waals surface area contributed by atoms with E-state index in [4.69, 9.17) is 14.2 Å². The van der Waals surface area contributed by atoms with E-state index in [1.54, 1.807) is 38.5 Å². The third-order valence-electron chi connectivity index (χ3n) is 8.67. The first-order valence-corrected chi connectivity index (χ1v) is 15.6. The molecule has 0 bridgehead atoms. The number of amides is 2. The fourth-order valence-electron chi connectivity index (χ4n) is 6.13. The fraction of sp³-hybridized carbons (Fsp3) is 0.371. The first-order chi connectivity index (χ1) is 22.6. The number of imidazole rings is 1. The van der Waals surface area contributed by atoms with Crippen LogP contribution in [0.5, 0.6) is 17.2 Å². The SMILES string of the molecule is CC[C@H](C)[C@H](Nc1ccc2c(cc1=O)[C@@H](NC(C)=O)CCc1cc(OC)c(OC)c(OC)c1-2)C(=O)Nc1ccc2nc(CO)[nH]c2c1. The minimum atomic E-state index is -0.752. The zero-order valence-electron chi connectivity index (χ0n) is 27.4. The monoisotopic (exact) mass is 643 g/mol. The van der Waals surface area contributed by atoms with E-state index in [1.165, 1.54) is 20.1 Å². The van der Waals surface area contributed by atoms with Crippen molar-refractivity contribution in [1.82, 2.24) is 15.3 Å². The predicted octanol–water partition coefficient (Wildman–Crippen LogP) is 4.70. The van der Waals surface area contributed by atoms with Gasteiger partial charge in [-0.15, -0.1) is 0 Å². The number of hydrogen-bond acceptors (Lipinski definition) is 9. The summed E-state index contributed by atoms with van der Waals surface area (Å²) in [5.74, 6) is 1.14. The number of rotatable bonds is 11. The number of anilines is 2. The highest BCUT2D eigenvalue weighted by molar-refractivity contribution is 5.98. The smallest absolute Gasteiger partial charge is 0.247 e. The highest BCUT2D eigenvalue weighted by Crippen LogP contribution is 2.50. The van der Waals surface area contributed by atoms with Crippen molar-refractivity contribution in [3.63, 3.8) is 0 Å². The summed E-state index contributed by atoms with van der Waals surface area (Å²) in [7, 11) is 4.64. The summed E-state index contributed by atoms with van der Waals surface area (Å²) in [6, 6.07) is 11.0. The molecule has 12 nitrogen and oxygen atoms in total. The molecule has 0 spiro atoms. The third kappa shape index (κ3) is 6.73. The van der Waals surface area contributed by atoms with Gasteiger partial charge in [-0.1, -0.05) is 26.3 Å². The lowest BCUT2D eigenvalue weighted by atomic mass is 9.95. The number of aromatic amines is 1. The minimum Gasteiger partial charge on any atom is -0.493 e. The van der Waals surface area contributed by atoms with E-state index in [9.17, 15) is 19.5 Å². The Labute approximate surface area is 272 Å². The van der Waals surface area contributed by atoms with E-state index in [0.29, 0.717) is 70.2 Å². The van der Waals surface area contributed by atoms with Crippen molar-refractivity contribution in [2.24, 2.45) is 5.92 Å². The number of aryl methyl sites for hydroxylation is 1. The molecular formula is C35H41N5O7. The van der Waals surface area contributed by atoms with Crippen LogP contribution in [0.4, 0.5) is 11.4 Å². The largest absolute Gasteiger partial charge is 0.493 e. The molecule has 4 aromatic rings. The number of nitrogens with zero attached hydrogens (tertiary/aromatic N) is 1. The maximum atomic E-state index is 13.9. The van der Waals surface area contributed by atoms with Gasteiger partial charge < -0.3 is 40.3 Å². The molecule has 1 heterocycles. The van der Waals surface area contributed by atoms with Crippen molar-refractivity contribution in [3.05, 3.63) is 69.6 Å². The van der Waals surface area contributed by atoms with Gasteiger partial charge in [-0.05, 0) is 71.8 Å². The van der Waals surface area contributed by atoms with E-state index in [1.807, 2.05) is 26.0 Å². The van der Waals surface area contributed by atoms with Crippen molar-refractivity contribution in [1.29, 1.82) is 0 Å². The molecule has 0 saturated heterocycles. The van der Waals surface area contributed by atoms with E-state index < -0.39 is 12.1 Å². The van der Waals surface area contributed by atoms with Crippen LogP contribution in [0.2, 0.25) is 0 Å². The van der Waals surface area contributed by atoms with Crippen molar-refractivity contribution in [2.75, 3.05) is 32.0 Å². The van der Waals surface area contributed by atoms with Gasteiger partial charge in [0.05, 0.1) is 44.1 Å². The standard InChI is InChI=1S/C35H41N5O7/c1-7-18(2)32(35(44)37-21-9-12-25-27(15-21)39-30(17-41)38-25)40-26-13-10-22-23(16-28(26)43)24(36-19(3)42)11-8-20-14-29(45-4)33(46-5)34(47-6)31(20)22/h9-10,12-16,18,24,32,41H,7-8,11,17H2,1-6H3,(H,36,42)(H,37,44)(H,38,39)(H,40,43)/t18-,24-,32-/m0/s1. The van der Waals surface area contributed by atoms with Crippen LogP contribution in [0.3, 0.4) is 0 Å². The molecule has 3 aromatic carbocycles. The summed E-state index contributed by atoms with van der Waals surface area (Å²) in [6.07, 6.45) is 1.78. The van der Waals surface area contributed by atoms with Crippen molar-refractivity contribution in [3.8, 4) is 28.4 Å². The van der Waals surface area contributed by atoms with Gasteiger partial charge in [0.1, 0.15) is 18.5 Å². The summed E-state index contributed by atoms with van der Waals surface area (Å²) in [6.45, 7) is 5.15. The normalized spacial score (nSPS) is 15.0. The van der Waals surface area contributed by atoms with Crippen LogP contribution in [0, 0.1) is 5.92 Å².